The van der Waals surface area contributed by atoms with Crippen LogP contribution in [0, 0.1) is 0 Å². The van der Waals surface area contributed by atoms with Gasteiger partial charge in [0.25, 0.3) is 0 Å². The molecule has 1 unspecified atom stereocenters. The molecule has 20 heavy (non-hydrogen) atoms. The standard InChI is InChI=1S/C16H24N4/c1-5-16(17-2)14-6-8-15(9-7-14)19(3)11-13-10-18-20(4)12-13/h6-10,12,16-17H,5,11H2,1-4H3. The first kappa shape index (κ1) is 14.6. The summed E-state index contributed by atoms with van der Waals surface area (Å²) < 4.78 is 1.84. The second-order valence-corrected chi connectivity index (χ2v) is 5.22. The fourth-order valence-corrected chi connectivity index (χ4v) is 2.49. The largest absolute Gasteiger partial charge is 0.370 e. The van der Waals surface area contributed by atoms with E-state index in [9.17, 15) is 0 Å². The molecule has 4 nitrogen and oxygen atoms in total. The Kier molecular flexibility index (Phi) is 4.79. The summed E-state index contributed by atoms with van der Waals surface area (Å²) in [6, 6.07) is 9.23. The molecule has 0 saturated heterocycles. The van der Waals surface area contributed by atoms with Crippen LogP contribution in [-0.4, -0.2) is 23.9 Å². The Hall–Kier alpha value is -1.81. The lowest BCUT2D eigenvalue weighted by Crippen LogP contribution is -2.17. The van der Waals surface area contributed by atoms with Gasteiger partial charge in [-0.2, -0.15) is 5.10 Å². The van der Waals surface area contributed by atoms with Crippen molar-refractivity contribution in [3.63, 3.8) is 0 Å². The van der Waals surface area contributed by atoms with E-state index in [0.29, 0.717) is 6.04 Å². The molecule has 1 atom stereocenters. The minimum Gasteiger partial charge on any atom is -0.370 e. The first-order valence-corrected chi connectivity index (χ1v) is 7.10. The van der Waals surface area contributed by atoms with E-state index < -0.39 is 0 Å². The van der Waals surface area contributed by atoms with Crippen LogP contribution in [0.3, 0.4) is 0 Å². The fraction of sp³-hybridized carbons (Fsp3) is 0.438. The molecule has 0 bridgehead atoms. The van der Waals surface area contributed by atoms with Crippen molar-refractivity contribution in [3.8, 4) is 0 Å². The quantitative estimate of drug-likeness (QED) is 0.877. The molecular weight excluding hydrogens is 248 g/mol. The predicted octanol–water partition coefficient (Wildman–Crippen LogP) is 2.73. The molecule has 0 aliphatic heterocycles. The number of anilines is 1. The molecule has 4 heteroatoms. The Morgan fingerprint density at radius 2 is 2.00 bits per heavy atom. The topological polar surface area (TPSA) is 33.1 Å². The summed E-state index contributed by atoms with van der Waals surface area (Å²) in [7, 11) is 6.06. The van der Waals surface area contributed by atoms with E-state index in [1.54, 1.807) is 0 Å². The van der Waals surface area contributed by atoms with Crippen LogP contribution in [-0.2, 0) is 13.6 Å². The van der Waals surface area contributed by atoms with Crippen LogP contribution < -0.4 is 10.2 Å². The van der Waals surface area contributed by atoms with Gasteiger partial charge in [-0.3, -0.25) is 4.68 Å². The summed E-state index contributed by atoms with van der Waals surface area (Å²) in [5, 5.41) is 7.54. The van der Waals surface area contributed by atoms with Crippen molar-refractivity contribution in [2.24, 2.45) is 7.05 Å². The van der Waals surface area contributed by atoms with Gasteiger partial charge in [0.05, 0.1) is 6.20 Å². The summed E-state index contributed by atoms with van der Waals surface area (Å²) >= 11 is 0. The van der Waals surface area contributed by atoms with E-state index in [2.05, 4.69) is 59.7 Å². The van der Waals surface area contributed by atoms with Crippen LogP contribution in [0.2, 0.25) is 0 Å². The van der Waals surface area contributed by atoms with Gasteiger partial charge in [0.1, 0.15) is 0 Å². The lowest BCUT2D eigenvalue weighted by molar-refractivity contribution is 0.577. The van der Waals surface area contributed by atoms with Gasteiger partial charge in [0.15, 0.2) is 0 Å². The molecule has 0 spiro atoms. The molecule has 2 rings (SSSR count). The first-order valence-electron chi connectivity index (χ1n) is 7.10. The van der Waals surface area contributed by atoms with E-state index >= 15 is 0 Å². The number of hydrogen-bond donors (Lipinski definition) is 1. The van der Waals surface area contributed by atoms with E-state index in [-0.39, 0.29) is 0 Å². The van der Waals surface area contributed by atoms with Gasteiger partial charge in [0, 0.05) is 44.1 Å². The third kappa shape index (κ3) is 3.39. The highest BCUT2D eigenvalue weighted by molar-refractivity contribution is 5.47. The summed E-state index contributed by atoms with van der Waals surface area (Å²) in [4.78, 5) is 2.24. The summed E-state index contributed by atoms with van der Waals surface area (Å²) in [6.07, 6.45) is 5.07. The highest BCUT2D eigenvalue weighted by atomic mass is 15.2. The molecule has 0 fully saturated rings. The second-order valence-electron chi connectivity index (χ2n) is 5.22. The van der Waals surface area contributed by atoms with Gasteiger partial charge in [-0.05, 0) is 31.2 Å². The van der Waals surface area contributed by atoms with Crippen LogP contribution in [0.5, 0.6) is 0 Å². The van der Waals surface area contributed by atoms with Gasteiger partial charge >= 0.3 is 0 Å². The van der Waals surface area contributed by atoms with E-state index in [1.807, 2.05) is 25.0 Å². The molecule has 1 aromatic heterocycles. The molecule has 0 saturated carbocycles. The van der Waals surface area contributed by atoms with Crippen molar-refractivity contribution in [1.82, 2.24) is 15.1 Å². The molecule has 108 valence electrons. The van der Waals surface area contributed by atoms with Crippen molar-refractivity contribution in [1.29, 1.82) is 0 Å². The molecule has 0 radical (unpaired) electrons. The fourth-order valence-electron chi connectivity index (χ4n) is 2.49. The van der Waals surface area contributed by atoms with Crippen molar-refractivity contribution in [2.75, 3.05) is 19.0 Å². The monoisotopic (exact) mass is 272 g/mol. The van der Waals surface area contributed by atoms with Crippen molar-refractivity contribution in [2.45, 2.75) is 25.9 Å². The SMILES string of the molecule is CCC(NC)c1ccc(N(C)Cc2cnn(C)c2)cc1. The third-order valence-corrected chi connectivity index (χ3v) is 3.67. The number of hydrogen-bond acceptors (Lipinski definition) is 3. The molecule has 0 amide bonds. The van der Waals surface area contributed by atoms with E-state index in [4.69, 9.17) is 0 Å². The van der Waals surface area contributed by atoms with Gasteiger partial charge in [-0.25, -0.2) is 0 Å². The highest BCUT2D eigenvalue weighted by Crippen LogP contribution is 2.21. The molecule has 1 N–H and O–H groups in total. The van der Waals surface area contributed by atoms with Gasteiger partial charge < -0.3 is 10.2 Å². The van der Waals surface area contributed by atoms with Crippen LogP contribution in [0.1, 0.15) is 30.5 Å². The molecule has 1 heterocycles. The average Bonchev–Trinajstić information content (AvgIpc) is 2.86. The van der Waals surface area contributed by atoms with Crippen molar-refractivity contribution < 1.29 is 0 Å². The summed E-state index contributed by atoms with van der Waals surface area (Å²) in [5.74, 6) is 0. The average molecular weight is 272 g/mol. The summed E-state index contributed by atoms with van der Waals surface area (Å²) in [6.45, 7) is 3.07. The Bertz CT molecular complexity index is 526. The van der Waals surface area contributed by atoms with Gasteiger partial charge in [0.2, 0.25) is 0 Å². The van der Waals surface area contributed by atoms with Crippen LogP contribution in [0.15, 0.2) is 36.7 Å². The zero-order valence-electron chi connectivity index (χ0n) is 12.8. The number of aromatic nitrogens is 2. The first-order chi connectivity index (χ1) is 9.63. The van der Waals surface area contributed by atoms with Gasteiger partial charge in [-0.15, -0.1) is 0 Å². The molecule has 2 aromatic rings. The van der Waals surface area contributed by atoms with Crippen LogP contribution >= 0.6 is 0 Å². The lowest BCUT2D eigenvalue weighted by atomic mass is 10.0. The number of nitrogens with one attached hydrogen (secondary N) is 1. The number of benzene rings is 1. The number of nitrogens with zero attached hydrogens (tertiary/aromatic N) is 3. The van der Waals surface area contributed by atoms with E-state index in [0.717, 1.165) is 13.0 Å². The maximum Gasteiger partial charge on any atom is 0.0539 e. The maximum absolute atomic E-state index is 4.20. The van der Waals surface area contributed by atoms with Gasteiger partial charge in [-0.1, -0.05) is 19.1 Å². The number of aryl methyl sites for hydroxylation is 1. The van der Waals surface area contributed by atoms with Crippen molar-refractivity contribution in [3.05, 3.63) is 47.8 Å². The van der Waals surface area contributed by atoms with Crippen molar-refractivity contribution >= 4 is 5.69 Å². The smallest absolute Gasteiger partial charge is 0.0539 e. The predicted molar refractivity (Wildman–Crippen MR) is 83.8 cm³/mol. The molecule has 0 aliphatic carbocycles. The Morgan fingerprint density at radius 1 is 1.30 bits per heavy atom. The number of rotatable bonds is 6. The summed E-state index contributed by atoms with van der Waals surface area (Å²) in [5.41, 5.74) is 3.79. The van der Waals surface area contributed by atoms with Crippen LogP contribution in [0.25, 0.3) is 0 Å². The Morgan fingerprint density at radius 3 is 2.50 bits per heavy atom. The Labute approximate surface area is 121 Å². The lowest BCUT2D eigenvalue weighted by Gasteiger charge is -2.20. The second kappa shape index (κ2) is 6.57. The highest BCUT2D eigenvalue weighted by Gasteiger charge is 2.08. The Balaban J connectivity index is 2.05. The minimum atomic E-state index is 0.438. The van der Waals surface area contributed by atoms with Crippen LogP contribution in [0.4, 0.5) is 5.69 Å². The third-order valence-electron chi connectivity index (χ3n) is 3.67. The zero-order chi connectivity index (χ0) is 14.5. The minimum absolute atomic E-state index is 0.438. The maximum atomic E-state index is 4.20. The molecular formula is C16H24N4. The molecule has 0 aliphatic rings. The molecule has 1 aromatic carbocycles. The zero-order valence-corrected chi connectivity index (χ0v) is 12.8. The van der Waals surface area contributed by atoms with E-state index in [1.165, 1.54) is 16.8 Å². The normalized spacial score (nSPS) is 12.4.